The lowest BCUT2D eigenvalue weighted by Gasteiger charge is -2.14. The average Bonchev–Trinajstić information content (AvgIpc) is 3.21. The molecule has 3 rings (SSSR count). The van der Waals surface area contributed by atoms with Crippen molar-refractivity contribution >= 4 is 9.84 Å². The van der Waals surface area contributed by atoms with Gasteiger partial charge in [0.05, 0.1) is 22.3 Å². The van der Waals surface area contributed by atoms with Crippen molar-refractivity contribution in [3.8, 4) is 11.3 Å². The van der Waals surface area contributed by atoms with Crippen LogP contribution >= 0.6 is 0 Å². The molecule has 0 atom stereocenters. The first-order valence-electron chi connectivity index (χ1n) is 8.01. The van der Waals surface area contributed by atoms with Crippen molar-refractivity contribution < 1.29 is 18.3 Å². The Morgan fingerprint density at radius 1 is 1.28 bits per heavy atom. The van der Waals surface area contributed by atoms with E-state index in [-0.39, 0.29) is 17.5 Å². The van der Waals surface area contributed by atoms with Gasteiger partial charge < -0.3 is 4.84 Å². The maximum Gasteiger partial charge on any atom is 0.294 e. The Bertz CT molecular complexity index is 868. The van der Waals surface area contributed by atoms with Gasteiger partial charge in [0.25, 0.3) is 5.09 Å². The Hall–Kier alpha value is -2.42. The molecule has 1 heterocycles. The van der Waals surface area contributed by atoms with Crippen LogP contribution in [0.1, 0.15) is 37.4 Å². The van der Waals surface area contributed by atoms with Gasteiger partial charge in [-0.15, -0.1) is 10.1 Å². The summed E-state index contributed by atoms with van der Waals surface area (Å²) in [5.74, 6) is 0. The molecule has 1 aliphatic rings. The van der Waals surface area contributed by atoms with Crippen molar-refractivity contribution in [3.05, 3.63) is 46.1 Å². The molecule has 1 fully saturated rings. The summed E-state index contributed by atoms with van der Waals surface area (Å²) < 4.78 is 25.1. The fourth-order valence-corrected chi connectivity index (χ4v) is 3.78. The molecule has 1 aromatic carbocycles. The van der Waals surface area contributed by atoms with Crippen LogP contribution in [0.3, 0.4) is 0 Å². The number of nitrogens with zero attached hydrogens (tertiary/aromatic N) is 3. The number of benzene rings is 1. The zero-order valence-electron chi connectivity index (χ0n) is 13.8. The van der Waals surface area contributed by atoms with Crippen molar-refractivity contribution in [1.82, 2.24) is 9.78 Å². The molecular formula is C16H19N3O5S. The molecule has 0 aliphatic heterocycles. The van der Waals surface area contributed by atoms with Crippen LogP contribution in [0.4, 0.5) is 0 Å². The van der Waals surface area contributed by atoms with E-state index in [9.17, 15) is 18.5 Å². The molecule has 0 spiro atoms. The van der Waals surface area contributed by atoms with Crippen LogP contribution in [0, 0.1) is 10.1 Å². The first-order chi connectivity index (χ1) is 11.8. The third-order valence-corrected chi connectivity index (χ3v) is 5.48. The zero-order valence-corrected chi connectivity index (χ0v) is 14.6. The van der Waals surface area contributed by atoms with E-state index >= 15 is 0 Å². The van der Waals surface area contributed by atoms with Crippen LogP contribution in [0.15, 0.2) is 35.2 Å². The number of hydrogen-bond acceptors (Lipinski definition) is 6. The number of aromatic nitrogens is 2. The van der Waals surface area contributed by atoms with Crippen molar-refractivity contribution in [2.75, 3.05) is 6.26 Å². The van der Waals surface area contributed by atoms with Gasteiger partial charge in [-0.1, -0.05) is 25.0 Å². The molecule has 25 heavy (non-hydrogen) atoms. The van der Waals surface area contributed by atoms with E-state index in [1.165, 1.54) is 0 Å². The summed E-state index contributed by atoms with van der Waals surface area (Å²) in [5, 5.41) is 14.1. The molecule has 134 valence electrons. The second-order valence-electron chi connectivity index (χ2n) is 6.20. The molecule has 0 unspecified atom stereocenters. The summed E-state index contributed by atoms with van der Waals surface area (Å²) in [5.41, 5.74) is 2.11. The highest BCUT2D eigenvalue weighted by molar-refractivity contribution is 7.90. The predicted octanol–water partition coefficient (Wildman–Crippen LogP) is 2.78. The van der Waals surface area contributed by atoms with E-state index in [2.05, 4.69) is 9.94 Å². The van der Waals surface area contributed by atoms with Crippen molar-refractivity contribution in [2.45, 2.75) is 43.2 Å². The Morgan fingerprint density at radius 3 is 2.48 bits per heavy atom. The predicted molar refractivity (Wildman–Crippen MR) is 90.1 cm³/mol. The van der Waals surface area contributed by atoms with Crippen molar-refractivity contribution in [2.24, 2.45) is 0 Å². The summed E-state index contributed by atoms with van der Waals surface area (Å²) in [4.78, 5) is 15.1. The standard InChI is InChI=1S/C16H19N3O5S/c1-25(22,23)15-8-6-12(7-9-15)16-10-13(11-24-19(20)21)17-18(16)14-4-2-3-5-14/h6-10,14H,2-5,11H2,1H3. The van der Waals surface area contributed by atoms with Crippen LogP contribution in [0.2, 0.25) is 0 Å². The van der Waals surface area contributed by atoms with E-state index in [4.69, 9.17) is 0 Å². The highest BCUT2D eigenvalue weighted by atomic mass is 32.2. The second-order valence-corrected chi connectivity index (χ2v) is 8.21. The lowest BCUT2D eigenvalue weighted by molar-refractivity contribution is -0.763. The molecule has 9 heteroatoms. The van der Waals surface area contributed by atoms with Crippen LogP contribution < -0.4 is 0 Å². The SMILES string of the molecule is CS(=O)(=O)c1ccc(-c2cc(CO[N+](=O)[O-])nn2C2CCCC2)cc1. The van der Waals surface area contributed by atoms with E-state index in [0.29, 0.717) is 5.69 Å². The fraction of sp³-hybridized carbons (Fsp3) is 0.438. The normalized spacial score (nSPS) is 15.4. The molecule has 0 N–H and O–H groups in total. The van der Waals surface area contributed by atoms with E-state index in [0.717, 1.165) is 43.2 Å². The van der Waals surface area contributed by atoms with Gasteiger partial charge in [0, 0.05) is 6.26 Å². The zero-order chi connectivity index (χ0) is 18.0. The minimum atomic E-state index is -3.26. The third-order valence-electron chi connectivity index (χ3n) is 4.35. The smallest absolute Gasteiger partial charge is 0.294 e. The maximum atomic E-state index is 11.6. The first-order valence-corrected chi connectivity index (χ1v) is 9.90. The second kappa shape index (κ2) is 6.83. The molecule has 8 nitrogen and oxygen atoms in total. The Balaban J connectivity index is 1.96. The van der Waals surface area contributed by atoms with Gasteiger partial charge in [0.1, 0.15) is 6.61 Å². The van der Waals surface area contributed by atoms with E-state index in [1.807, 2.05) is 4.68 Å². The summed E-state index contributed by atoms with van der Waals surface area (Å²) in [6.45, 7) is -0.207. The molecule has 2 aromatic rings. The molecule has 1 saturated carbocycles. The number of rotatable bonds is 6. The monoisotopic (exact) mass is 365 g/mol. The molecule has 0 bridgehead atoms. The van der Waals surface area contributed by atoms with E-state index < -0.39 is 14.9 Å². The summed E-state index contributed by atoms with van der Waals surface area (Å²) in [6.07, 6.45) is 5.42. The topological polar surface area (TPSA) is 104 Å². The first kappa shape index (κ1) is 17.4. The maximum absolute atomic E-state index is 11.6. The largest absolute Gasteiger partial charge is 0.307 e. The summed E-state index contributed by atoms with van der Waals surface area (Å²) >= 11 is 0. The average molecular weight is 365 g/mol. The molecule has 0 saturated heterocycles. The molecule has 0 amide bonds. The Labute approximate surface area is 145 Å². The van der Waals surface area contributed by atoms with Crippen LogP contribution in [-0.2, 0) is 21.3 Å². The van der Waals surface area contributed by atoms with Crippen LogP contribution in [-0.4, -0.2) is 29.5 Å². The van der Waals surface area contributed by atoms with Gasteiger partial charge >= 0.3 is 0 Å². The van der Waals surface area contributed by atoms with Gasteiger partial charge in [-0.25, -0.2) is 8.42 Å². The van der Waals surface area contributed by atoms with Gasteiger partial charge in [-0.2, -0.15) is 5.10 Å². The highest BCUT2D eigenvalue weighted by Crippen LogP contribution is 2.34. The highest BCUT2D eigenvalue weighted by Gasteiger charge is 2.22. The molecule has 1 aromatic heterocycles. The minimum Gasteiger partial charge on any atom is -0.307 e. The Kier molecular flexibility index (Phi) is 4.76. The van der Waals surface area contributed by atoms with Gasteiger partial charge in [0.15, 0.2) is 9.84 Å². The van der Waals surface area contributed by atoms with Crippen molar-refractivity contribution in [3.63, 3.8) is 0 Å². The summed E-state index contributed by atoms with van der Waals surface area (Å²) in [6, 6.07) is 8.59. The van der Waals surface area contributed by atoms with Gasteiger partial charge in [-0.05, 0) is 36.6 Å². The van der Waals surface area contributed by atoms with Crippen LogP contribution in [0.5, 0.6) is 0 Å². The quantitative estimate of drug-likeness (QED) is 0.576. The summed E-state index contributed by atoms with van der Waals surface area (Å²) in [7, 11) is -3.26. The minimum absolute atomic E-state index is 0.207. The lowest BCUT2D eigenvalue weighted by Crippen LogP contribution is -2.09. The molecule has 0 radical (unpaired) electrons. The van der Waals surface area contributed by atoms with Crippen molar-refractivity contribution in [1.29, 1.82) is 0 Å². The van der Waals surface area contributed by atoms with E-state index in [1.54, 1.807) is 30.3 Å². The van der Waals surface area contributed by atoms with Gasteiger partial charge in [0.2, 0.25) is 0 Å². The number of sulfone groups is 1. The van der Waals surface area contributed by atoms with Crippen LogP contribution in [0.25, 0.3) is 11.3 Å². The lowest BCUT2D eigenvalue weighted by atomic mass is 10.1. The van der Waals surface area contributed by atoms with Gasteiger partial charge in [-0.3, -0.25) is 4.68 Å². The fourth-order valence-electron chi connectivity index (χ4n) is 3.15. The molecule has 1 aliphatic carbocycles. The number of hydrogen-bond donors (Lipinski definition) is 0. The molecular weight excluding hydrogens is 346 g/mol. The Morgan fingerprint density at radius 2 is 1.92 bits per heavy atom. The third kappa shape index (κ3) is 3.98.